The summed E-state index contributed by atoms with van der Waals surface area (Å²) in [4.78, 5) is 21.2. The Morgan fingerprint density at radius 3 is 2.18 bits per heavy atom. The zero-order chi connectivity index (χ0) is 20.3. The predicted octanol–water partition coefficient (Wildman–Crippen LogP) is 0.805. The van der Waals surface area contributed by atoms with Gasteiger partial charge < -0.3 is 4.90 Å². The van der Waals surface area contributed by atoms with Gasteiger partial charge in [-0.05, 0) is 50.6 Å². The second-order valence-electron chi connectivity index (χ2n) is 7.78. The molecule has 0 N–H and O–H groups in total. The van der Waals surface area contributed by atoms with Crippen molar-refractivity contribution in [1.29, 1.82) is 0 Å². The minimum atomic E-state index is -3.40. The molecule has 3 rings (SSSR count). The minimum Gasteiger partial charge on any atom is -0.340 e. The molecule has 2 saturated heterocycles. The van der Waals surface area contributed by atoms with Crippen LogP contribution in [0.4, 0.5) is 0 Å². The molecule has 9 heteroatoms. The van der Waals surface area contributed by atoms with Gasteiger partial charge in [0, 0.05) is 64.6 Å². The largest absolute Gasteiger partial charge is 0.340 e. The second kappa shape index (κ2) is 8.86. The Labute approximate surface area is 168 Å². The number of hydrogen-bond acceptors (Lipinski definition) is 5. The number of rotatable bonds is 5. The van der Waals surface area contributed by atoms with Crippen LogP contribution in [-0.4, -0.2) is 91.1 Å². The molecule has 8 nitrogen and oxygen atoms in total. The molecule has 3 heterocycles. The highest BCUT2D eigenvalue weighted by molar-refractivity contribution is 7.86. The van der Waals surface area contributed by atoms with Crippen LogP contribution in [0, 0.1) is 5.92 Å². The van der Waals surface area contributed by atoms with Crippen LogP contribution >= 0.6 is 0 Å². The first kappa shape index (κ1) is 21.2. The Morgan fingerprint density at radius 1 is 1.07 bits per heavy atom. The van der Waals surface area contributed by atoms with E-state index >= 15 is 0 Å². The lowest BCUT2D eigenvalue weighted by molar-refractivity contribution is -0.138. The third-order valence-corrected chi connectivity index (χ3v) is 7.89. The van der Waals surface area contributed by atoms with E-state index in [1.807, 2.05) is 29.4 Å². The molecule has 2 aliphatic heterocycles. The molecule has 1 amide bonds. The van der Waals surface area contributed by atoms with E-state index in [1.54, 1.807) is 0 Å². The van der Waals surface area contributed by atoms with E-state index in [0.717, 1.165) is 25.9 Å². The molecule has 1 aromatic heterocycles. The van der Waals surface area contributed by atoms with Gasteiger partial charge in [0.15, 0.2) is 0 Å². The summed E-state index contributed by atoms with van der Waals surface area (Å²) in [6.45, 7) is 5.67. The standard InChI is InChI=1S/C19H31N5O3S/c1-16(17-4-8-20-9-5-17)22-10-6-18(7-11-22)19(25)23-12-14-24(15-13-23)28(26,27)21(2)3/h4-5,8-9,16,18H,6-7,10-15H2,1-3H3. The van der Waals surface area contributed by atoms with Crippen molar-refractivity contribution in [3.8, 4) is 0 Å². The van der Waals surface area contributed by atoms with Crippen LogP contribution in [-0.2, 0) is 15.0 Å². The molecular formula is C19H31N5O3S. The molecule has 0 radical (unpaired) electrons. The fourth-order valence-electron chi connectivity index (χ4n) is 4.01. The van der Waals surface area contributed by atoms with Gasteiger partial charge in [0.05, 0.1) is 0 Å². The van der Waals surface area contributed by atoms with Gasteiger partial charge in [-0.3, -0.25) is 14.7 Å². The van der Waals surface area contributed by atoms with Crippen molar-refractivity contribution in [3.05, 3.63) is 30.1 Å². The summed E-state index contributed by atoms with van der Waals surface area (Å²) in [5, 5.41) is 0. The Morgan fingerprint density at radius 2 is 1.64 bits per heavy atom. The van der Waals surface area contributed by atoms with Crippen molar-refractivity contribution >= 4 is 16.1 Å². The lowest BCUT2D eigenvalue weighted by atomic mass is 9.93. The maximum absolute atomic E-state index is 12.9. The highest BCUT2D eigenvalue weighted by Gasteiger charge is 2.34. The second-order valence-corrected chi connectivity index (χ2v) is 9.92. The summed E-state index contributed by atoms with van der Waals surface area (Å²) in [6, 6.07) is 4.41. The molecule has 2 fully saturated rings. The number of piperidine rings is 1. The zero-order valence-electron chi connectivity index (χ0n) is 17.0. The molecule has 0 saturated carbocycles. The Balaban J connectivity index is 1.50. The van der Waals surface area contributed by atoms with Crippen molar-refractivity contribution in [1.82, 2.24) is 23.4 Å². The van der Waals surface area contributed by atoms with Gasteiger partial charge in [-0.25, -0.2) is 0 Å². The quantitative estimate of drug-likeness (QED) is 0.719. The average Bonchev–Trinajstić information content (AvgIpc) is 2.73. The van der Waals surface area contributed by atoms with Crippen molar-refractivity contribution in [3.63, 3.8) is 0 Å². The monoisotopic (exact) mass is 409 g/mol. The Kier molecular flexibility index (Phi) is 6.69. The summed E-state index contributed by atoms with van der Waals surface area (Å²) >= 11 is 0. The molecule has 2 aliphatic rings. The third-order valence-electron chi connectivity index (χ3n) is 5.95. The van der Waals surface area contributed by atoms with E-state index in [9.17, 15) is 13.2 Å². The van der Waals surface area contributed by atoms with Gasteiger partial charge in [0.25, 0.3) is 10.2 Å². The summed E-state index contributed by atoms with van der Waals surface area (Å²) in [5.74, 6) is 0.219. The molecule has 28 heavy (non-hydrogen) atoms. The molecule has 0 aromatic carbocycles. The molecule has 156 valence electrons. The number of amides is 1. The van der Waals surface area contributed by atoms with Gasteiger partial charge >= 0.3 is 0 Å². The van der Waals surface area contributed by atoms with Crippen molar-refractivity contribution in [2.24, 2.45) is 5.92 Å². The van der Waals surface area contributed by atoms with E-state index in [0.29, 0.717) is 32.2 Å². The number of nitrogens with zero attached hydrogens (tertiary/aromatic N) is 5. The SMILES string of the molecule is CC(c1ccncc1)N1CCC(C(=O)N2CCN(S(=O)(=O)N(C)C)CC2)CC1. The normalized spacial score (nSPS) is 21.8. The van der Waals surface area contributed by atoms with Crippen molar-refractivity contribution in [2.45, 2.75) is 25.8 Å². The van der Waals surface area contributed by atoms with Gasteiger partial charge in [-0.15, -0.1) is 0 Å². The van der Waals surface area contributed by atoms with Gasteiger partial charge in [-0.1, -0.05) is 0 Å². The van der Waals surface area contributed by atoms with E-state index < -0.39 is 10.2 Å². The molecular weight excluding hydrogens is 378 g/mol. The minimum absolute atomic E-state index is 0.0397. The lowest BCUT2D eigenvalue weighted by Crippen LogP contribution is -2.54. The first-order valence-electron chi connectivity index (χ1n) is 9.91. The smallest absolute Gasteiger partial charge is 0.281 e. The summed E-state index contributed by atoms with van der Waals surface area (Å²) in [5.41, 5.74) is 1.25. The zero-order valence-corrected chi connectivity index (χ0v) is 17.8. The van der Waals surface area contributed by atoms with Crippen LogP contribution in [0.3, 0.4) is 0 Å². The molecule has 1 aromatic rings. The summed E-state index contributed by atoms with van der Waals surface area (Å²) in [6.07, 6.45) is 5.34. The third kappa shape index (κ3) is 4.53. The number of hydrogen-bond donors (Lipinski definition) is 0. The fraction of sp³-hybridized carbons (Fsp3) is 0.684. The Hall–Kier alpha value is -1.55. The van der Waals surface area contributed by atoms with E-state index in [4.69, 9.17) is 0 Å². The molecule has 0 spiro atoms. The number of pyridine rings is 1. The van der Waals surface area contributed by atoms with E-state index in [2.05, 4.69) is 16.8 Å². The van der Waals surface area contributed by atoms with Crippen molar-refractivity contribution < 1.29 is 13.2 Å². The lowest BCUT2D eigenvalue weighted by Gasteiger charge is -2.40. The predicted molar refractivity (Wildman–Crippen MR) is 108 cm³/mol. The first-order chi connectivity index (χ1) is 13.3. The van der Waals surface area contributed by atoms with Crippen LogP contribution in [0.2, 0.25) is 0 Å². The van der Waals surface area contributed by atoms with Gasteiger partial charge in [0.2, 0.25) is 5.91 Å². The van der Waals surface area contributed by atoms with Crippen LogP contribution < -0.4 is 0 Å². The van der Waals surface area contributed by atoms with Crippen LogP contribution in [0.15, 0.2) is 24.5 Å². The topological polar surface area (TPSA) is 77.1 Å². The number of likely N-dealkylation sites (tertiary alicyclic amines) is 1. The fourth-order valence-corrected chi connectivity index (χ4v) is 5.10. The summed E-state index contributed by atoms with van der Waals surface area (Å²) < 4.78 is 27.1. The van der Waals surface area contributed by atoms with Crippen LogP contribution in [0.5, 0.6) is 0 Å². The van der Waals surface area contributed by atoms with E-state index in [-0.39, 0.29) is 11.8 Å². The average molecular weight is 410 g/mol. The molecule has 0 aliphatic carbocycles. The maximum Gasteiger partial charge on any atom is 0.281 e. The van der Waals surface area contributed by atoms with Gasteiger partial charge in [-0.2, -0.15) is 17.0 Å². The number of aromatic nitrogens is 1. The Bertz CT molecular complexity index is 755. The van der Waals surface area contributed by atoms with E-state index in [1.165, 1.54) is 28.3 Å². The number of carbonyl (C=O) groups is 1. The molecule has 0 bridgehead atoms. The first-order valence-corrected chi connectivity index (χ1v) is 11.3. The molecule has 1 atom stereocenters. The highest BCUT2D eigenvalue weighted by atomic mass is 32.2. The molecule has 1 unspecified atom stereocenters. The maximum atomic E-state index is 12.9. The number of carbonyl (C=O) groups excluding carboxylic acids is 1. The van der Waals surface area contributed by atoms with Crippen LogP contribution in [0.1, 0.15) is 31.4 Å². The van der Waals surface area contributed by atoms with Crippen LogP contribution in [0.25, 0.3) is 0 Å². The summed E-state index contributed by atoms with van der Waals surface area (Å²) in [7, 11) is -0.329. The van der Waals surface area contributed by atoms with Crippen molar-refractivity contribution in [2.75, 3.05) is 53.4 Å². The van der Waals surface area contributed by atoms with Gasteiger partial charge in [0.1, 0.15) is 0 Å². The number of piperazine rings is 1. The highest BCUT2D eigenvalue weighted by Crippen LogP contribution is 2.27.